The third-order valence-corrected chi connectivity index (χ3v) is 5.50. The normalized spacial score (nSPS) is 17.8. The van der Waals surface area contributed by atoms with Crippen LogP contribution in [0.4, 0.5) is 8.78 Å². The number of aromatic nitrogens is 1. The summed E-state index contributed by atoms with van der Waals surface area (Å²) in [6.07, 6.45) is 2.11. The van der Waals surface area contributed by atoms with Crippen LogP contribution in [0.15, 0.2) is 22.6 Å². The molecule has 1 aliphatic carbocycles. The van der Waals surface area contributed by atoms with E-state index in [0.717, 1.165) is 19.8 Å². The van der Waals surface area contributed by atoms with Crippen molar-refractivity contribution >= 4 is 24.3 Å². The molecule has 13 heteroatoms. The highest BCUT2D eigenvalue weighted by Crippen LogP contribution is 2.37. The fraction of sp³-hybridized carbons (Fsp3) is 0.542. The highest BCUT2D eigenvalue weighted by Gasteiger charge is 2.30. The molecular formula is C24H33ClF2N4O6. The number of carbonyl (C=O) groups is 2. The molecule has 37 heavy (non-hydrogen) atoms. The van der Waals surface area contributed by atoms with Crippen molar-refractivity contribution in [2.75, 3.05) is 26.2 Å². The standard InChI is InChI=1S/C22H28F2N4O4.C2H4O2.ClH/c1-12-10-28(8-7-26-12)21(29)18-19(13(2)25)32-20(27-18)15-5-6-16(31-22(23)24)17(9-15)30-11-14-3-4-14;1-2(3)4;/h5-6,9,12-14,22,26H,3-4,7-8,10-11,25H2,1-2H3;1H3,(H,3,4);1H/t12-,13?;;/m0../s1. The van der Waals surface area contributed by atoms with Crippen LogP contribution in [0.1, 0.15) is 55.9 Å². The summed E-state index contributed by atoms with van der Waals surface area (Å²) in [6.45, 7) is 4.06. The number of rotatable bonds is 8. The molecule has 2 aliphatic rings. The molecule has 2 aromatic rings. The zero-order valence-corrected chi connectivity index (χ0v) is 21.7. The number of oxazole rings is 1. The maximum Gasteiger partial charge on any atom is 0.387 e. The number of nitrogens with two attached hydrogens (primary N) is 1. The lowest BCUT2D eigenvalue weighted by atomic mass is 10.1. The van der Waals surface area contributed by atoms with Crippen LogP contribution >= 0.6 is 12.4 Å². The lowest BCUT2D eigenvalue weighted by molar-refractivity contribution is -0.134. The van der Waals surface area contributed by atoms with Crippen LogP contribution in [-0.2, 0) is 4.79 Å². The number of amides is 1. The van der Waals surface area contributed by atoms with Gasteiger partial charge in [-0.15, -0.1) is 12.4 Å². The van der Waals surface area contributed by atoms with E-state index in [2.05, 4.69) is 15.0 Å². The Morgan fingerprint density at radius 2 is 2.00 bits per heavy atom. The predicted molar refractivity (Wildman–Crippen MR) is 133 cm³/mol. The Hall–Kier alpha value is -2.96. The number of carbonyl (C=O) groups excluding carboxylic acids is 1. The summed E-state index contributed by atoms with van der Waals surface area (Å²) in [5, 5.41) is 10.7. The maximum atomic E-state index is 13.1. The number of benzene rings is 1. The number of aliphatic carboxylic acids is 1. The lowest BCUT2D eigenvalue weighted by Gasteiger charge is -2.31. The van der Waals surface area contributed by atoms with Gasteiger partial charge < -0.3 is 34.9 Å². The molecule has 1 aliphatic heterocycles. The number of carboxylic acid groups (broad SMARTS) is 1. The van der Waals surface area contributed by atoms with Crippen molar-refractivity contribution in [3.05, 3.63) is 29.7 Å². The van der Waals surface area contributed by atoms with Crippen LogP contribution in [0, 0.1) is 5.92 Å². The van der Waals surface area contributed by atoms with Gasteiger partial charge in [-0.05, 0) is 50.8 Å². The largest absolute Gasteiger partial charge is 0.489 e. The summed E-state index contributed by atoms with van der Waals surface area (Å²) in [5.41, 5.74) is 6.70. The Balaban J connectivity index is 0.000000898. The van der Waals surface area contributed by atoms with Gasteiger partial charge in [-0.1, -0.05) is 0 Å². The predicted octanol–water partition coefficient (Wildman–Crippen LogP) is 3.70. The topological polar surface area (TPSA) is 140 Å². The van der Waals surface area contributed by atoms with Crippen molar-refractivity contribution in [2.24, 2.45) is 11.7 Å². The monoisotopic (exact) mass is 546 g/mol. The van der Waals surface area contributed by atoms with E-state index in [0.29, 0.717) is 37.7 Å². The second-order valence-electron chi connectivity index (χ2n) is 8.94. The van der Waals surface area contributed by atoms with Gasteiger partial charge in [0.1, 0.15) is 0 Å². The van der Waals surface area contributed by atoms with E-state index in [-0.39, 0.29) is 53.2 Å². The summed E-state index contributed by atoms with van der Waals surface area (Å²) in [6, 6.07) is 4.09. The molecule has 0 spiro atoms. The average molecular weight is 547 g/mol. The summed E-state index contributed by atoms with van der Waals surface area (Å²) in [5.74, 6) is -0.0829. The van der Waals surface area contributed by atoms with Gasteiger partial charge in [-0.2, -0.15) is 8.78 Å². The minimum Gasteiger partial charge on any atom is -0.489 e. The van der Waals surface area contributed by atoms with Gasteiger partial charge in [0.15, 0.2) is 23.0 Å². The molecule has 4 rings (SSSR count). The van der Waals surface area contributed by atoms with Crippen molar-refractivity contribution in [2.45, 2.75) is 52.3 Å². The van der Waals surface area contributed by atoms with Crippen LogP contribution in [-0.4, -0.2) is 65.8 Å². The summed E-state index contributed by atoms with van der Waals surface area (Å²) in [4.78, 5) is 28.3. The minimum atomic E-state index is -2.97. The molecule has 2 heterocycles. The molecular weight excluding hydrogens is 514 g/mol. The summed E-state index contributed by atoms with van der Waals surface area (Å²) >= 11 is 0. The first-order valence-corrected chi connectivity index (χ1v) is 11.8. The van der Waals surface area contributed by atoms with Crippen LogP contribution in [0.3, 0.4) is 0 Å². The van der Waals surface area contributed by atoms with E-state index in [1.807, 2.05) is 6.92 Å². The van der Waals surface area contributed by atoms with Crippen molar-refractivity contribution in [3.8, 4) is 23.0 Å². The summed E-state index contributed by atoms with van der Waals surface area (Å²) < 4.78 is 41.8. The average Bonchev–Trinajstić information content (AvgIpc) is 3.52. The fourth-order valence-electron chi connectivity index (χ4n) is 3.62. The quantitative estimate of drug-likeness (QED) is 0.452. The SMILES string of the molecule is CC(=O)O.CC(N)c1oc(-c2ccc(OC(F)F)c(OCC3CC3)c2)nc1C(=O)N1CCN[C@@H](C)C1.Cl. The van der Waals surface area contributed by atoms with E-state index in [1.54, 1.807) is 17.9 Å². The van der Waals surface area contributed by atoms with Crippen LogP contribution in [0.2, 0.25) is 0 Å². The van der Waals surface area contributed by atoms with E-state index < -0.39 is 18.6 Å². The molecule has 10 nitrogen and oxygen atoms in total. The maximum absolute atomic E-state index is 13.1. The van der Waals surface area contributed by atoms with Gasteiger partial charge in [0, 0.05) is 38.2 Å². The molecule has 1 unspecified atom stereocenters. The third-order valence-electron chi connectivity index (χ3n) is 5.50. The lowest BCUT2D eigenvalue weighted by Crippen LogP contribution is -2.51. The zero-order chi connectivity index (χ0) is 26.4. The van der Waals surface area contributed by atoms with Gasteiger partial charge in [0.05, 0.1) is 12.6 Å². The highest BCUT2D eigenvalue weighted by atomic mass is 35.5. The van der Waals surface area contributed by atoms with Crippen molar-refractivity contribution in [3.63, 3.8) is 0 Å². The Bertz CT molecular complexity index is 1060. The van der Waals surface area contributed by atoms with Crippen molar-refractivity contribution in [1.82, 2.24) is 15.2 Å². The number of ether oxygens (including phenoxy) is 2. The van der Waals surface area contributed by atoms with E-state index in [1.165, 1.54) is 12.1 Å². The second-order valence-corrected chi connectivity index (χ2v) is 8.94. The van der Waals surface area contributed by atoms with Gasteiger partial charge in [-0.25, -0.2) is 4.98 Å². The Labute approximate surface area is 219 Å². The van der Waals surface area contributed by atoms with Gasteiger partial charge >= 0.3 is 6.61 Å². The molecule has 0 radical (unpaired) electrons. The van der Waals surface area contributed by atoms with Gasteiger partial charge in [0.2, 0.25) is 5.89 Å². The van der Waals surface area contributed by atoms with Gasteiger partial charge in [0.25, 0.3) is 11.9 Å². The molecule has 2 fully saturated rings. The highest BCUT2D eigenvalue weighted by molar-refractivity contribution is 5.94. The van der Waals surface area contributed by atoms with Gasteiger partial charge in [-0.3, -0.25) is 9.59 Å². The molecule has 1 saturated heterocycles. The molecule has 4 N–H and O–H groups in total. The number of halogens is 3. The first kappa shape index (κ1) is 30.3. The number of nitrogens with one attached hydrogen (secondary N) is 1. The number of hydrogen-bond acceptors (Lipinski definition) is 8. The second kappa shape index (κ2) is 13.5. The third kappa shape index (κ3) is 8.83. The first-order chi connectivity index (χ1) is 17.0. The van der Waals surface area contributed by atoms with Crippen LogP contribution < -0.4 is 20.5 Å². The van der Waals surface area contributed by atoms with Crippen molar-refractivity contribution in [1.29, 1.82) is 0 Å². The minimum absolute atomic E-state index is 0. The van der Waals surface area contributed by atoms with Crippen molar-refractivity contribution < 1.29 is 37.4 Å². The Morgan fingerprint density at radius 1 is 1.32 bits per heavy atom. The Kier molecular flexibility index (Phi) is 11.1. The summed E-state index contributed by atoms with van der Waals surface area (Å²) in [7, 11) is 0. The zero-order valence-electron chi connectivity index (χ0n) is 20.9. The number of carboxylic acids is 1. The molecule has 1 saturated carbocycles. The Morgan fingerprint density at radius 3 is 2.57 bits per heavy atom. The number of nitrogens with zero attached hydrogens (tertiary/aromatic N) is 2. The smallest absolute Gasteiger partial charge is 0.387 e. The van der Waals surface area contributed by atoms with E-state index >= 15 is 0 Å². The molecule has 206 valence electrons. The molecule has 1 aromatic heterocycles. The molecule has 1 amide bonds. The van der Waals surface area contributed by atoms with Crippen LogP contribution in [0.25, 0.3) is 11.5 Å². The van der Waals surface area contributed by atoms with E-state index in [4.69, 9.17) is 24.8 Å². The number of hydrogen-bond donors (Lipinski definition) is 3. The molecule has 0 bridgehead atoms. The molecule has 1 aromatic carbocycles. The fourth-order valence-corrected chi connectivity index (χ4v) is 3.62. The van der Waals surface area contributed by atoms with E-state index in [9.17, 15) is 13.6 Å². The van der Waals surface area contributed by atoms with Crippen LogP contribution in [0.5, 0.6) is 11.5 Å². The number of alkyl halides is 2. The molecule has 2 atom stereocenters. The first-order valence-electron chi connectivity index (χ1n) is 11.8. The number of piperazine rings is 1.